The Hall–Kier alpha value is -1.65. The highest BCUT2D eigenvalue weighted by molar-refractivity contribution is 5.52. The van der Waals surface area contributed by atoms with E-state index >= 15 is 0 Å². The second-order valence-corrected chi connectivity index (χ2v) is 4.14. The van der Waals surface area contributed by atoms with Crippen molar-refractivity contribution in [3.8, 4) is 11.5 Å². The van der Waals surface area contributed by atoms with Gasteiger partial charge in [0, 0.05) is 12.0 Å². The SMILES string of the molecule is OOCCCCCc1cnc(-c2ccccc2)o1. The fourth-order valence-electron chi connectivity index (χ4n) is 1.78. The van der Waals surface area contributed by atoms with Gasteiger partial charge in [-0.05, 0) is 25.0 Å². The van der Waals surface area contributed by atoms with Crippen LogP contribution in [0.1, 0.15) is 25.0 Å². The number of aryl methyl sites for hydroxylation is 1. The summed E-state index contributed by atoms with van der Waals surface area (Å²) >= 11 is 0. The van der Waals surface area contributed by atoms with Gasteiger partial charge in [0.25, 0.3) is 0 Å². The predicted octanol–water partition coefficient (Wildman–Crippen LogP) is 3.54. The third kappa shape index (κ3) is 3.68. The maximum Gasteiger partial charge on any atom is 0.226 e. The van der Waals surface area contributed by atoms with Gasteiger partial charge >= 0.3 is 0 Å². The van der Waals surface area contributed by atoms with Gasteiger partial charge in [-0.3, -0.25) is 5.26 Å². The number of unbranched alkanes of at least 4 members (excludes halogenated alkanes) is 2. The fraction of sp³-hybridized carbons (Fsp3) is 0.357. The van der Waals surface area contributed by atoms with E-state index in [2.05, 4.69) is 9.87 Å². The molecule has 4 nitrogen and oxygen atoms in total. The summed E-state index contributed by atoms with van der Waals surface area (Å²) < 4.78 is 5.68. The Morgan fingerprint density at radius 1 is 1.11 bits per heavy atom. The number of aromatic nitrogens is 1. The summed E-state index contributed by atoms with van der Waals surface area (Å²) in [6.45, 7) is 0.395. The standard InChI is InChI=1S/C14H17NO3/c16-17-10-6-2-5-9-13-11-15-14(18-13)12-7-3-1-4-8-12/h1,3-4,7-8,11,16H,2,5-6,9-10H2. The lowest BCUT2D eigenvalue weighted by molar-refractivity contribution is -0.242. The maximum absolute atomic E-state index is 8.18. The Kier molecular flexibility index (Phi) is 4.93. The lowest BCUT2D eigenvalue weighted by Crippen LogP contribution is -1.90. The van der Waals surface area contributed by atoms with Crippen molar-refractivity contribution in [2.75, 3.05) is 6.61 Å². The van der Waals surface area contributed by atoms with E-state index in [-0.39, 0.29) is 0 Å². The molecule has 18 heavy (non-hydrogen) atoms. The highest BCUT2D eigenvalue weighted by Gasteiger charge is 2.05. The second kappa shape index (κ2) is 6.93. The second-order valence-electron chi connectivity index (χ2n) is 4.14. The van der Waals surface area contributed by atoms with Crippen LogP contribution in [0.5, 0.6) is 0 Å². The van der Waals surface area contributed by atoms with E-state index in [1.54, 1.807) is 6.20 Å². The average Bonchev–Trinajstić information content (AvgIpc) is 2.88. The lowest BCUT2D eigenvalue weighted by atomic mass is 10.2. The van der Waals surface area contributed by atoms with Gasteiger partial charge in [0.2, 0.25) is 5.89 Å². The van der Waals surface area contributed by atoms with Crippen molar-refractivity contribution in [1.82, 2.24) is 4.98 Å². The smallest absolute Gasteiger partial charge is 0.226 e. The van der Waals surface area contributed by atoms with Crippen molar-refractivity contribution in [1.29, 1.82) is 0 Å². The molecule has 0 bridgehead atoms. The Morgan fingerprint density at radius 2 is 1.94 bits per heavy atom. The minimum atomic E-state index is 0.395. The monoisotopic (exact) mass is 247 g/mol. The Bertz CT molecular complexity index is 453. The summed E-state index contributed by atoms with van der Waals surface area (Å²) in [5.41, 5.74) is 0.998. The molecular formula is C14H17NO3. The van der Waals surface area contributed by atoms with E-state index < -0.39 is 0 Å². The summed E-state index contributed by atoms with van der Waals surface area (Å²) in [5.74, 6) is 1.57. The largest absolute Gasteiger partial charge is 0.441 e. The first-order valence-corrected chi connectivity index (χ1v) is 6.16. The van der Waals surface area contributed by atoms with Gasteiger partial charge in [0.15, 0.2) is 0 Å². The molecule has 96 valence electrons. The minimum Gasteiger partial charge on any atom is -0.441 e. The molecule has 0 saturated carbocycles. The van der Waals surface area contributed by atoms with Gasteiger partial charge in [-0.25, -0.2) is 9.87 Å². The highest BCUT2D eigenvalue weighted by Crippen LogP contribution is 2.19. The zero-order valence-corrected chi connectivity index (χ0v) is 10.2. The molecule has 1 aromatic carbocycles. The molecule has 1 aromatic heterocycles. The normalized spacial score (nSPS) is 10.7. The van der Waals surface area contributed by atoms with E-state index in [0.29, 0.717) is 12.5 Å². The molecule has 0 amide bonds. The maximum atomic E-state index is 8.18. The van der Waals surface area contributed by atoms with Crippen LogP contribution < -0.4 is 0 Å². The molecule has 2 aromatic rings. The summed E-state index contributed by atoms with van der Waals surface area (Å²) in [5, 5.41) is 8.18. The van der Waals surface area contributed by atoms with Gasteiger partial charge in [0.1, 0.15) is 5.76 Å². The summed E-state index contributed by atoms with van der Waals surface area (Å²) in [7, 11) is 0. The van der Waals surface area contributed by atoms with E-state index in [1.165, 1.54) is 0 Å². The molecule has 0 atom stereocenters. The third-order valence-corrected chi connectivity index (χ3v) is 2.73. The zero-order chi connectivity index (χ0) is 12.6. The lowest BCUT2D eigenvalue weighted by Gasteiger charge is -1.97. The van der Waals surface area contributed by atoms with Gasteiger partial charge in [0.05, 0.1) is 12.8 Å². The molecule has 2 rings (SSSR count). The van der Waals surface area contributed by atoms with Crippen LogP contribution in [0.3, 0.4) is 0 Å². The van der Waals surface area contributed by atoms with Crippen molar-refractivity contribution in [3.05, 3.63) is 42.3 Å². The summed E-state index contributed by atoms with van der Waals surface area (Å²) in [6.07, 6.45) is 5.51. The van der Waals surface area contributed by atoms with E-state index in [1.807, 2.05) is 30.3 Å². The van der Waals surface area contributed by atoms with Crippen LogP contribution in [0.15, 0.2) is 40.9 Å². The average molecular weight is 247 g/mol. The van der Waals surface area contributed by atoms with Crippen molar-refractivity contribution >= 4 is 0 Å². The fourth-order valence-corrected chi connectivity index (χ4v) is 1.78. The Labute approximate surface area is 106 Å². The van der Waals surface area contributed by atoms with Crippen molar-refractivity contribution < 1.29 is 14.6 Å². The molecule has 0 aliphatic carbocycles. The number of oxazole rings is 1. The molecule has 0 aliphatic rings. The first-order chi connectivity index (χ1) is 8.90. The van der Waals surface area contributed by atoms with Gasteiger partial charge < -0.3 is 4.42 Å². The highest BCUT2D eigenvalue weighted by atomic mass is 17.1. The van der Waals surface area contributed by atoms with Crippen LogP contribution in [0.2, 0.25) is 0 Å². The van der Waals surface area contributed by atoms with Crippen LogP contribution in [-0.4, -0.2) is 16.8 Å². The van der Waals surface area contributed by atoms with E-state index in [4.69, 9.17) is 9.67 Å². The third-order valence-electron chi connectivity index (χ3n) is 2.73. The number of hydrogen-bond donors (Lipinski definition) is 1. The van der Waals surface area contributed by atoms with E-state index in [0.717, 1.165) is 37.0 Å². The van der Waals surface area contributed by atoms with Crippen LogP contribution in [0.25, 0.3) is 11.5 Å². The molecule has 0 saturated heterocycles. The predicted molar refractivity (Wildman–Crippen MR) is 68.1 cm³/mol. The Balaban J connectivity index is 1.83. The summed E-state index contributed by atoms with van der Waals surface area (Å²) in [6, 6.07) is 9.86. The number of benzene rings is 1. The molecule has 0 spiro atoms. The summed E-state index contributed by atoms with van der Waals surface area (Å²) in [4.78, 5) is 8.29. The van der Waals surface area contributed by atoms with E-state index in [9.17, 15) is 0 Å². The zero-order valence-electron chi connectivity index (χ0n) is 10.2. The van der Waals surface area contributed by atoms with Gasteiger partial charge in [-0.1, -0.05) is 24.6 Å². The quantitative estimate of drug-likeness (QED) is 0.462. The number of hydrogen-bond acceptors (Lipinski definition) is 4. The minimum absolute atomic E-state index is 0.395. The first kappa shape index (κ1) is 12.8. The Morgan fingerprint density at radius 3 is 2.72 bits per heavy atom. The van der Waals surface area contributed by atoms with Crippen LogP contribution in [0.4, 0.5) is 0 Å². The molecular weight excluding hydrogens is 230 g/mol. The van der Waals surface area contributed by atoms with Crippen molar-refractivity contribution in [2.24, 2.45) is 0 Å². The van der Waals surface area contributed by atoms with Gasteiger partial charge in [-0.2, -0.15) is 0 Å². The molecule has 0 unspecified atom stereocenters. The van der Waals surface area contributed by atoms with Crippen molar-refractivity contribution in [2.45, 2.75) is 25.7 Å². The molecule has 1 N–H and O–H groups in total. The van der Waals surface area contributed by atoms with Crippen LogP contribution in [0, 0.1) is 0 Å². The molecule has 0 aliphatic heterocycles. The molecule has 0 fully saturated rings. The number of rotatable bonds is 7. The van der Waals surface area contributed by atoms with Crippen molar-refractivity contribution in [3.63, 3.8) is 0 Å². The molecule has 0 radical (unpaired) electrons. The topological polar surface area (TPSA) is 55.5 Å². The number of nitrogens with zero attached hydrogens (tertiary/aromatic N) is 1. The first-order valence-electron chi connectivity index (χ1n) is 6.16. The van der Waals surface area contributed by atoms with Crippen LogP contribution >= 0.6 is 0 Å². The van der Waals surface area contributed by atoms with Crippen LogP contribution in [-0.2, 0) is 11.3 Å². The molecule has 4 heteroatoms. The van der Waals surface area contributed by atoms with Gasteiger partial charge in [-0.15, -0.1) is 0 Å². The molecule has 1 heterocycles.